The number of rotatable bonds is 8. The zero-order valence-corrected chi connectivity index (χ0v) is 17.3. The van der Waals surface area contributed by atoms with E-state index < -0.39 is 15.9 Å². The van der Waals surface area contributed by atoms with Gasteiger partial charge in [0.2, 0.25) is 10.0 Å². The Labute approximate surface area is 175 Å². The second-order valence-corrected chi connectivity index (χ2v) is 8.95. The molecule has 0 spiro atoms. The number of phenols is 1. The van der Waals surface area contributed by atoms with Crippen LogP contribution in [0.4, 0.5) is 0 Å². The van der Waals surface area contributed by atoms with Crippen molar-refractivity contribution in [2.24, 2.45) is 0 Å². The summed E-state index contributed by atoms with van der Waals surface area (Å²) in [5, 5.41) is 12.3. The molecule has 7 nitrogen and oxygen atoms in total. The van der Waals surface area contributed by atoms with Crippen LogP contribution < -0.4 is 10.0 Å². The van der Waals surface area contributed by atoms with Crippen LogP contribution in [0.1, 0.15) is 28.8 Å². The monoisotopic (exact) mass is 438 g/mol. The maximum absolute atomic E-state index is 12.6. The van der Waals surface area contributed by atoms with E-state index in [9.17, 15) is 18.3 Å². The molecule has 9 heteroatoms. The minimum absolute atomic E-state index is 0.0427. The summed E-state index contributed by atoms with van der Waals surface area (Å²) >= 11 is 6.07. The number of halogens is 1. The highest BCUT2D eigenvalue weighted by molar-refractivity contribution is 7.89. The highest BCUT2D eigenvalue weighted by Gasteiger charge is 2.23. The normalized spacial score (nSPS) is 16.7. The van der Waals surface area contributed by atoms with E-state index in [0.717, 1.165) is 18.4 Å². The third-order valence-corrected chi connectivity index (χ3v) is 6.52. The Morgan fingerprint density at radius 3 is 2.79 bits per heavy atom. The van der Waals surface area contributed by atoms with E-state index in [1.807, 2.05) is 6.07 Å². The molecule has 2 aromatic carbocycles. The second-order valence-electron chi connectivity index (χ2n) is 6.81. The van der Waals surface area contributed by atoms with Crippen LogP contribution in [0.5, 0.6) is 5.75 Å². The molecule has 1 atom stereocenters. The van der Waals surface area contributed by atoms with Crippen molar-refractivity contribution >= 4 is 27.5 Å². The van der Waals surface area contributed by atoms with Crippen molar-refractivity contribution in [1.29, 1.82) is 0 Å². The summed E-state index contributed by atoms with van der Waals surface area (Å²) in [6, 6.07) is 10.9. The maximum Gasteiger partial charge on any atom is 0.251 e. The van der Waals surface area contributed by atoms with Crippen LogP contribution >= 0.6 is 11.6 Å². The van der Waals surface area contributed by atoms with Crippen LogP contribution in [-0.4, -0.2) is 45.2 Å². The molecule has 0 saturated carbocycles. The number of carbonyl (C=O) groups excluding carboxylic acids is 1. The molecule has 1 amide bonds. The fraction of sp³-hybridized carbons (Fsp3) is 0.350. The molecule has 3 rings (SSSR count). The molecular formula is C20H23ClN2O5S. The van der Waals surface area contributed by atoms with Crippen molar-refractivity contribution in [2.75, 3.05) is 19.7 Å². The largest absolute Gasteiger partial charge is 0.508 e. The van der Waals surface area contributed by atoms with E-state index >= 15 is 0 Å². The van der Waals surface area contributed by atoms with Gasteiger partial charge >= 0.3 is 0 Å². The van der Waals surface area contributed by atoms with Crippen molar-refractivity contribution in [3.8, 4) is 5.75 Å². The third-order valence-electron chi connectivity index (χ3n) is 4.62. The molecule has 1 aliphatic rings. The molecule has 0 aliphatic carbocycles. The van der Waals surface area contributed by atoms with Crippen molar-refractivity contribution in [3.63, 3.8) is 0 Å². The lowest BCUT2D eigenvalue weighted by molar-refractivity contribution is 0.0954. The average molecular weight is 439 g/mol. The van der Waals surface area contributed by atoms with Crippen LogP contribution in [-0.2, 0) is 21.2 Å². The standard InChI is InChI=1S/C20H23ClN2O5S/c21-18-7-6-15(20(25)22-9-8-14-3-1-4-16(24)11-14)12-19(18)29(26,27)23-13-17-5-2-10-28-17/h1,3-4,6-7,11-12,17,23-24H,2,5,8-10,13H2,(H,22,25). The molecule has 0 aromatic heterocycles. The third kappa shape index (κ3) is 5.93. The highest BCUT2D eigenvalue weighted by atomic mass is 35.5. The topological polar surface area (TPSA) is 105 Å². The van der Waals surface area contributed by atoms with Crippen LogP contribution in [0.15, 0.2) is 47.4 Å². The summed E-state index contributed by atoms with van der Waals surface area (Å²) in [5.74, 6) is -0.241. The SMILES string of the molecule is O=C(NCCc1cccc(O)c1)c1ccc(Cl)c(S(=O)(=O)NCC2CCCO2)c1. The van der Waals surface area contributed by atoms with Gasteiger partial charge in [-0.05, 0) is 55.2 Å². The summed E-state index contributed by atoms with van der Waals surface area (Å²) in [4.78, 5) is 12.3. The van der Waals surface area contributed by atoms with E-state index in [2.05, 4.69) is 10.0 Å². The minimum atomic E-state index is -3.87. The predicted molar refractivity (Wildman–Crippen MR) is 110 cm³/mol. The molecule has 1 aliphatic heterocycles. The Balaban J connectivity index is 1.63. The van der Waals surface area contributed by atoms with Gasteiger partial charge in [0.25, 0.3) is 5.91 Å². The summed E-state index contributed by atoms with van der Waals surface area (Å²) in [6.07, 6.45) is 2.10. The molecule has 1 saturated heterocycles. The lowest BCUT2D eigenvalue weighted by Gasteiger charge is -2.13. The number of carbonyl (C=O) groups is 1. The minimum Gasteiger partial charge on any atom is -0.508 e. The molecule has 1 fully saturated rings. The fourth-order valence-corrected chi connectivity index (χ4v) is 4.66. The molecule has 29 heavy (non-hydrogen) atoms. The first kappa shape index (κ1) is 21.6. The van der Waals surface area contributed by atoms with Crippen LogP contribution in [0.25, 0.3) is 0 Å². The van der Waals surface area contributed by atoms with Gasteiger partial charge in [-0.1, -0.05) is 23.7 Å². The van der Waals surface area contributed by atoms with Crippen molar-refractivity contribution in [3.05, 3.63) is 58.6 Å². The number of benzene rings is 2. The summed E-state index contributed by atoms with van der Waals surface area (Å²) in [7, 11) is -3.87. The van der Waals surface area contributed by atoms with Crippen molar-refractivity contribution in [2.45, 2.75) is 30.3 Å². The lowest BCUT2D eigenvalue weighted by atomic mass is 10.1. The predicted octanol–water partition coefficient (Wildman–Crippen LogP) is 2.48. The Kier molecular flexibility index (Phi) is 7.13. The first-order valence-corrected chi connectivity index (χ1v) is 11.2. The number of phenolic OH excluding ortho intramolecular Hbond substituents is 1. The summed E-state index contributed by atoms with van der Waals surface area (Å²) in [6.45, 7) is 1.13. The smallest absolute Gasteiger partial charge is 0.251 e. The van der Waals surface area contributed by atoms with Gasteiger partial charge in [0.1, 0.15) is 10.6 Å². The molecule has 1 unspecified atom stereocenters. The number of amides is 1. The molecule has 0 bridgehead atoms. The number of aromatic hydroxyl groups is 1. The van der Waals surface area contributed by atoms with Gasteiger partial charge in [-0.2, -0.15) is 0 Å². The van der Waals surface area contributed by atoms with E-state index in [1.165, 1.54) is 18.2 Å². The Bertz CT molecular complexity index is 975. The first-order chi connectivity index (χ1) is 13.8. The average Bonchev–Trinajstić information content (AvgIpc) is 3.20. The Morgan fingerprint density at radius 1 is 1.24 bits per heavy atom. The fourth-order valence-electron chi connectivity index (χ4n) is 3.07. The van der Waals surface area contributed by atoms with E-state index in [0.29, 0.717) is 19.6 Å². The van der Waals surface area contributed by atoms with Gasteiger partial charge in [-0.3, -0.25) is 4.79 Å². The van der Waals surface area contributed by atoms with E-state index in [1.54, 1.807) is 18.2 Å². The van der Waals surface area contributed by atoms with Crippen LogP contribution in [0.3, 0.4) is 0 Å². The molecule has 156 valence electrons. The number of ether oxygens (including phenoxy) is 1. The van der Waals surface area contributed by atoms with E-state index in [4.69, 9.17) is 16.3 Å². The van der Waals surface area contributed by atoms with Gasteiger partial charge in [0, 0.05) is 25.3 Å². The molecule has 2 aromatic rings. The van der Waals surface area contributed by atoms with Gasteiger partial charge in [-0.15, -0.1) is 0 Å². The number of sulfonamides is 1. The quantitative estimate of drug-likeness (QED) is 0.587. The maximum atomic E-state index is 12.6. The number of hydrogen-bond donors (Lipinski definition) is 3. The van der Waals surface area contributed by atoms with Gasteiger partial charge in [0.15, 0.2) is 0 Å². The van der Waals surface area contributed by atoms with E-state index in [-0.39, 0.29) is 33.9 Å². The summed E-state index contributed by atoms with van der Waals surface area (Å²) < 4.78 is 33.1. The summed E-state index contributed by atoms with van der Waals surface area (Å²) in [5.41, 5.74) is 1.07. The zero-order chi connectivity index (χ0) is 20.9. The van der Waals surface area contributed by atoms with Crippen LogP contribution in [0, 0.1) is 0 Å². The van der Waals surface area contributed by atoms with Crippen molar-refractivity contribution < 1.29 is 23.1 Å². The van der Waals surface area contributed by atoms with Gasteiger partial charge < -0.3 is 15.2 Å². The molecule has 0 radical (unpaired) electrons. The second kappa shape index (κ2) is 9.58. The Morgan fingerprint density at radius 2 is 2.07 bits per heavy atom. The van der Waals surface area contributed by atoms with Crippen LogP contribution in [0.2, 0.25) is 5.02 Å². The van der Waals surface area contributed by atoms with Crippen molar-refractivity contribution in [1.82, 2.24) is 10.0 Å². The Hall–Kier alpha value is -2.13. The van der Waals surface area contributed by atoms with Gasteiger partial charge in [-0.25, -0.2) is 13.1 Å². The molecule has 1 heterocycles. The van der Waals surface area contributed by atoms with Gasteiger partial charge in [0.05, 0.1) is 11.1 Å². The molecule has 3 N–H and O–H groups in total. The number of hydrogen-bond acceptors (Lipinski definition) is 5. The lowest BCUT2D eigenvalue weighted by Crippen LogP contribution is -2.32. The zero-order valence-electron chi connectivity index (χ0n) is 15.7. The number of nitrogens with one attached hydrogen (secondary N) is 2. The highest BCUT2D eigenvalue weighted by Crippen LogP contribution is 2.23. The molecular weight excluding hydrogens is 416 g/mol. The first-order valence-electron chi connectivity index (χ1n) is 9.32.